The lowest BCUT2D eigenvalue weighted by atomic mass is 10.1. The second-order valence-corrected chi connectivity index (χ2v) is 5.47. The summed E-state index contributed by atoms with van der Waals surface area (Å²) in [6.45, 7) is 8.15. The van der Waals surface area contributed by atoms with Crippen molar-refractivity contribution < 1.29 is 9.84 Å². The van der Waals surface area contributed by atoms with Crippen molar-refractivity contribution in [3.63, 3.8) is 0 Å². The van der Waals surface area contributed by atoms with E-state index < -0.39 is 6.10 Å². The SMILES string of the molecule is Cc1ccc([C@@H](C)O)c(OCCCN2CCCC2)c1. The molecule has 0 radical (unpaired) electrons. The van der Waals surface area contributed by atoms with Crippen LogP contribution in [-0.4, -0.2) is 36.2 Å². The number of aliphatic hydroxyl groups excluding tert-OH is 1. The lowest BCUT2D eigenvalue weighted by Crippen LogP contribution is -2.22. The van der Waals surface area contributed by atoms with Crippen LogP contribution in [0.5, 0.6) is 5.75 Å². The van der Waals surface area contributed by atoms with Crippen molar-refractivity contribution in [3.05, 3.63) is 29.3 Å². The molecule has 106 valence electrons. The maximum atomic E-state index is 9.74. The Kier molecular flexibility index (Phi) is 5.23. The molecule has 1 saturated heterocycles. The average Bonchev–Trinajstić information content (AvgIpc) is 2.87. The first-order valence-corrected chi connectivity index (χ1v) is 7.30. The number of hydrogen-bond acceptors (Lipinski definition) is 3. The molecular formula is C16H25NO2. The first kappa shape index (κ1) is 14.4. The molecule has 1 aromatic carbocycles. The normalized spacial score (nSPS) is 17.6. The van der Waals surface area contributed by atoms with Crippen LogP contribution in [0.4, 0.5) is 0 Å². The highest BCUT2D eigenvalue weighted by molar-refractivity contribution is 5.38. The van der Waals surface area contributed by atoms with E-state index in [1.165, 1.54) is 31.5 Å². The predicted octanol–water partition coefficient (Wildman–Crippen LogP) is 2.91. The minimum absolute atomic E-state index is 0.478. The van der Waals surface area contributed by atoms with Gasteiger partial charge in [0.1, 0.15) is 5.75 Å². The van der Waals surface area contributed by atoms with Gasteiger partial charge in [-0.2, -0.15) is 0 Å². The van der Waals surface area contributed by atoms with Crippen LogP contribution in [0.25, 0.3) is 0 Å². The standard InChI is InChI=1S/C16H25NO2/c1-13-6-7-15(14(2)18)16(12-13)19-11-5-10-17-8-3-4-9-17/h6-7,12,14,18H,3-5,8-11H2,1-2H3/t14-/m1/s1. The van der Waals surface area contributed by atoms with Crippen LogP contribution >= 0.6 is 0 Å². The number of aryl methyl sites for hydroxylation is 1. The van der Waals surface area contributed by atoms with E-state index in [9.17, 15) is 5.11 Å². The third kappa shape index (κ3) is 4.22. The highest BCUT2D eigenvalue weighted by atomic mass is 16.5. The van der Waals surface area contributed by atoms with Gasteiger partial charge in [0.15, 0.2) is 0 Å². The van der Waals surface area contributed by atoms with Gasteiger partial charge in [0.2, 0.25) is 0 Å². The molecule has 3 heteroatoms. The Labute approximate surface area is 116 Å². The predicted molar refractivity (Wildman–Crippen MR) is 77.6 cm³/mol. The molecule has 1 aromatic rings. The van der Waals surface area contributed by atoms with Gasteiger partial charge in [-0.05, 0) is 57.8 Å². The van der Waals surface area contributed by atoms with Crippen LogP contribution in [-0.2, 0) is 0 Å². The van der Waals surface area contributed by atoms with E-state index in [2.05, 4.69) is 4.90 Å². The zero-order chi connectivity index (χ0) is 13.7. The van der Waals surface area contributed by atoms with Gasteiger partial charge < -0.3 is 14.7 Å². The summed E-state index contributed by atoms with van der Waals surface area (Å²) in [5.41, 5.74) is 2.05. The molecule has 0 bridgehead atoms. The zero-order valence-corrected chi connectivity index (χ0v) is 12.1. The van der Waals surface area contributed by atoms with E-state index in [0.29, 0.717) is 0 Å². The van der Waals surface area contributed by atoms with Crippen LogP contribution in [0, 0.1) is 6.92 Å². The maximum absolute atomic E-state index is 9.74. The first-order chi connectivity index (χ1) is 9.16. The first-order valence-electron chi connectivity index (χ1n) is 7.30. The van der Waals surface area contributed by atoms with Crippen LogP contribution < -0.4 is 4.74 Å². The minimum atomic E-state index is -0.478. The van der Waals surface area contributed by atoms with E-state index in [4.69, 9.17) is 4.74 Å². The minimum Gasteiger partial charge on any atom is -0.493 e. The number of aliphatic hydroxyl groups is 1. The number of benzene rings is 1. The Balaban J connectivity index is 1.82. The highest BCUT2D eigenvalue weighted by Crippen LogP contribution is 2.26. The largest absolute Gasteiger partial charge is 0.493 e. The van der Waals surface area contributed by atoms with E-state index in [1.54, 1.807) is 6.92 Å². The monoisotopic (exact) mass is 263 g/mol. The number of likely N-dealkylation sites (tertiary alicyclic amines) is 1. The van der Waals surface area contributed by atoms with E-state index in [-0.39, 0.29) is 0 Å². The number of hydrogen-bond donors (Lipinski definition) is 1. The average molecular weight is 263 g/mol. The fraction of sp³-hybridized carbons (Fsp3) is 0.625. The quantitative estimate of drug-likeness (QED) is 0.801. The highest BCUT2D eigenvalue weighted by Gasteiger charge is 2.12. The van der Waals surface area contributed by atoms with Crippen molar-refractivity contribution in [2.75, 3.05) is 26.2 Å². The maximum Gasteiger partial charge on any atom is 0.125 e. The third-order valence-electron chi connectivity index (χ3n) is 3.69. The number of rotatable bonds is 6. The van der Waals surface area contributed by atoms with E-state index in [1.807, 2.05) is 25.1 Å². The fourth-order valence-corrected chi connectivity index (χ4v) is 2.59. The molecule has 1 heterocycles. The van der Waals surface area contributed by atoms with Gasteiger partial charge in [0, 0.05) is 12.1 Å². The molecule has 1 fully saturated rings. The van der Waals surface area contributed by atoms with Crippen LogP contribution in [0.1, 0.15) is 43.4 Å². The zero-order valence-electron chi connectivity index (χ0n) is 12.1. The molecule has 19 heavy (non-hydrogen) atoms. The van der Waals surface area contributed by atoms with Gasteiger partial charge in [0.05, 0.1) is 12.7 Å². The molecule has 0 saturated carbocycles. The van der Waals surface area contributed by atoms with Gasteiger partial charge in [-0.1, -0.05) is 12.1 Å². The van der Waals surface area contributed by atoms with Crippen LogP contribution in [0.2, 0.25) is 0 Å². The number of ether oxygens (including phenoxy) is 1. The van der Waals surface area contributed by atoms with Crippen molar-refractivity contribution in [3.8, 4) is 5.75 Å². The topological polar surface area (TPSA) is 32.7 Å². The summed E-state index contributed by atoms with van der Waals surface area (Å²) in [6.07, 6.45) is 3.25. The van der Waals surface area contributed by atoms with Crippen LogP contribution in [0.3, 0.4) is 0 Å². The summed E-state index contributed by atoms with van der Waals surface area (Å²) in [4.78, 5) is 2.50. The van der Waals surface area contributed by atoms with Gasteiger partial charge >= 0.3 is 0 Å². The van der Waals surface area contributed by atoms with E-state index in [0.717, 1.165) is 30.9 Å². The smallest absolute Gasteiger partial charge is 0.125 e. The Morgan fingerprint density at radius 1 is 1.32 bits per heavy atom. The van der Waals surface area contributed by atoms with Crippen molar-refractivity contribution in [1.29, 1.82) is 0 Å². The van der Waals surface area contributed by atoms with Gasteiger partial charge in [-0.3, -0.25) is 0 Å². The van der Waals surface area contributed by atoms with Gasteiger partial charge in [-0.25, -0.2) is 0 Å². The molecule has 0 spiro atoms. The molecular weight excluding hydrogens is 238 g/mol. The molecule has 1 aliphatic rings. The summed E-state index contributed by atoms with van der Waals surface area (Å²) in [7, 11) is 0. The molecule has 0 aromatic heterocycles. The lowest BCUT2D eigenvalue weighted by Gasteiger charge is -2.17. The molecule has 0 amide bonds. The molecule has 3 nitrogen and oxygen atoms in total. The number of nitrogens with zero attached hydrogens (tertiary/aromatic N) is 1. The van der Waals surface area contributed by atoms with Crippen molar-refractivity contribution in [2.24, 2.45) is 0 Å². The van der Waals surface area contributed by atoms with Gasteiger partial charge in [0.25, 0.3) is 0 Å². The third-order valence-corrected chi connectivity index (χ3v) is 3.69. The lowest BCUT2D eigenvalue weighted by molar-refractivity contribution is 0.189. The molecule has 1 N–H and O–H groups in total. The fourth-order valence-electron chi connectivity index (χ4n) is 2.59. The Morgan fingerprint density at radius 3 is 2.74 bits per heavy atom. The Bertz CT molecular complexity index is 398. The summed E-state index contributed by atoms with van der Waals surface area (Å²) < 4.78 is 5.85. The van der Waals surface area contributed by atoms with Gasteiger partial charge in [-0.15, -0.1) is 0 Å². The summed E-state index contributed by atoms with van der Waals surface area (Å²) in [5, 5.41) is 9.74. The molecule has 2 rings (SSSR count). The van der Waals surface area contributed by atoms with Crippen molar-refractivity contribution in [2.45, 2.75) is 39.2 Å². The summed E-state index contributed by atoms with van der Waals surface area (Å²) in [6, 6.07) is 5.98. The second kappa shape index (κ2) is 6.92. The molecule has 0 unspecified atom stereocenters. The van der Waals surface area contributed by atoms with E-state index >= 15 is 0 Å². The second-order valence-electron chi connectivity index (χ2n) is 5.47. The molecule has 1 atom stereocenters. The van der Waals surface area contributed by atoms with Crippen molar-refractivity contribution in [1.82, 2.24) is 4.90 Å². The molecule has 0 aliphatic carbocycles. The Hall–Kier alpha value is -1.06. The summed E-state index contributed by atoms with van der Waals surface area (Å²) in [5.74, 6) is 0.830. The molecule has 1 aliphatic heterocycles. The summed E-state index contributed by atoms with van der Waals surface area (Å²) >= 11 is 0. The Morgan fingerprint density at radius 2 is 2.05 bits per heavy atom. The van der Waals surface area contributed by atoms with Crippen LogP contribution in [0.15, 0.2) is 18.2 Å². The van der Waals surface area contributed by atoms with Crippen molar-refractivity contribution >= 4 is 0 Å².